The average molecular weight is 336 g/mol. The predicted octanol–water partition coefficient (Wildman–Crippen LogP) is 3.54. The van der Waals surface area contributed by atoms with Crippen LogP contribution >= 0.6 is 11.3 Å². The topological polar surface area (TPSA) is 35.6 Å². The number of carbonyl (C=O) groups is 1. The lowest BCUT2D eigenvalue weighted by Crippen LogP contribution is -2.48. The highest BCUT2D eigenvalue weighted by Gasteiger charge is 2.34. The van der Waals surface area contributed by atoms with E-state index < -0.39 is 0 Å². The number of rotatable bonds is 6. The molecular weight excluding hydrogens is 306 g/mol. The molecule has 1 saturated carbocycles. The van der Waals surface area contributed by atoms with Crippen molar-refractivity contribution in [3.8, 4) is 0 Å². The summed E-state index contributed by atoms with van der Waals surface area (Å²) in [6.45, 7) is 8.38. The Labute approximate surface area is 143 Å². The second-order valence-electron chi connectivity index (χ2n) is 7.24. The molecule has 1 aliphatic carbocycles. The number of piperidine rings is 1. The molecule has 4 nitrogen and oxygen atoms in total. The first-order valence-corrected chi connectivity index (χ1v) is 9.82. The smallest absolute Gasteiger partial charge is 0.317 e. The Balaban J connectivity index is 1.45. The van der Waals surface area contributed by atoms with Gasteiger partial charge in [-0.2, -0.15) is 0 Å². The molecule has 2 heterocycles. The molecule has 2 aliphatic rings. The van der Waals surface area contributed by atoms with Crippen LogP contribution in [0.5, 0.6) is 0 Å². The van der Waals surface area contributed by atoms with E-state index in [-0.39, 0.29) is 6.03 Å². The summed E-state index contributed by atoms with van der Waals surface area (Å²) in [5.74, 6) is 0.584. The zero-order chi connectivity index (χ0) is 16.2. The van der Waals surface area contributed by atoms with Crippen molar-refractivity contribution in [2.24, 2.45) is 5.92 Å². The number of amides is 2. The molecule has 1 aromatic heterocycles. The summed E-state index contributed by atoms with van der Waals surface area (Å²) in [4.78, 5) is 18.5. The molecule has 128 valence electrons. The van der Waals surface area contributed by atoms with E-state index in [0.29, 0.717) is 18.0 Å². The van der Waals surface area contributed by atoms with Crippen LogP contribution in [0.4, 0.5) is 4.79 Å². The van der Waals surface area contributed by atoms with E-state index >= 15 is 0 Å². The molecule has 0 spiro atoms. The second kappa shape index (κ2) is 7.67. The van der Waals surface area contributed by atoms with Crippen LogP contribution in [0, 0.1) is 5.92 Å². The van der Waals surface area contributed by atoms with Crippen LogP contribution in [0.1, 0.15) is 44.4 Å². The number of nitrogens with one attached hydrogen (secondary N) is 1. The zero-order valence-corrected chi connectivity index (χ0v) is 15.1. The van der Waals surface area contributed by atoms with Gasteiger partial charge in [0.2, 0.25) is 0 Å². The minimum Gasteiger partial charge on any atom is -0.338 e. The van der Waals surface area contributed by atoms with E-state index in [1.54, 1.807) is 0 Å². The van der Waals surface area contributed by atoms with Crippen LogP contribution in [0.25, 0.3) is 0 Å². The van der Waals surface area contributed by atoms with E-state index in [0.717, 1.165) is 19.6 Å². The highest BCUT2D eigenvalue weighted by molar-refractivity contribution is 7.09. The van der Waals surface area contributed by atoms with E-state index in [4.69, 9.17) is 0 Å². The van der Waals surface area contributed by atoms with Crippen molar-refractivity contribution in [1.29, 1.82) is 0 Å². The summed E-state index contributed by atoms with van der Waals surface area (Å²) in [6.07, 6.45) is 4.81. The summed E-state index contributed by atoms with van der Waals surface area (Å²) in [7, 11) is 0. The summed E-state index contributed by atoms with van der Waals surface area (Å²) >= 11 is 1.84. The lowest BCUT2D eigenvalue weighted by atomic mass is 9.98. The molecule has 0 aromatic carbocycles. The van der Waals surface area contributed by atoms with Gasteiger partial charge in [0.25, 0.3) is 0 Å². The van der Waals surface area contributed by atoms with Crippen LogP contribution in [-0.2, 0) is 6.54 Å². The molecule has 1 aliphatic heterocycles. The van der Waals surface area contributed by atoms with E-state index in [1.165, 1.54) is 37.1 Å². The number of hydrogen-bond donors (Lipinski definition) is 1. The molecule has 0 bridgehead atoms. The number of urea groups is 1. The Morgan fingerprint density at radius 3 is 2.91 bits per heavy atom. The van der Waals surface area contributed by atoms with Crippen molar-refractivity contribution in [3.05, 3.63) is 22.4 Å². The summed E-state index contributed by atoms with van der Waals surface area (Å²) in [6, 6.07) is 5.26. The minimum absolute atomic E-state index is 0.137. The lowest BCUT2D eigenvalue weighted by molar-refractivity contribution is 0.155. The molecule has 2 amide bonds. The van der Waals surface area contributed by atoms with Gasteiger partial charge in [-0.25, -0.2) is 4.79 Å². The third-order valence-electron chi connectivity index (χ3n) is 4.84. The lowest BCUT2D eigenvalue weighted by Gasteiger charge is -2.33. The van der Waals surface area contributed by atoms with E-state index in [9.17, 15) is 4.79 Å². The second-order valence-corrected chi connectivity index (χ2v) is 8.27. The molecule has 3 rings (SSSR count). The Morgan fingerprint density at radius 1 is 1.43 bits per heavy atom. The molecule has 23 heavy (non-hydrogen) atoms. The monoisotopic (exact) mass is 335 g/mol. The van der Waals surface area contributed by atoms with Crippen LogP contribution in [0.2, 0.25) is 0 Å². The van der Waals surface area contributed by atoms with E-state index in [1.807, 2.05) is 16.2 Å². The molecule has 1 aromatic rings. The number of hydrogen-bond acceptors (Lipinski definition) is 3. The van der Waals surface area contributed by atoms with Gasteiger partial charge in [0, 0.05) is 36.6 Å². The molecular formula is C18H29N3OS. The molecule has 1 N–H and O–H groups in total. The SMILES string of the molecule is CC(C)N(C(=O)NCC1CCCN(Cc2cccs2)C1)C1CC1. The molecule has 1 unspecified atom stereocenters. The maximum absolute atomic E-state index is 12.4. The number of likely N-dealkylation sites (tertiary alicyclic amines) is 1. The Bertz CT molecular complexity index is 496. The van der Waals surface area contributed by atoms with E-state index in [2.05, 4.69) is 41.6 Å². The van der Waals surface area contributed by atoms with Crippen LogP contribution < -0.4 is 5.32 Å². The normalized spacial score (nSPS) is 22.3. The standard InChI is InChI=1S/C18H29N3OS/c1-14(2)21(16-7-8-16)18(22)19-11-15-5-3-9-20(12-15)13-17-6-4-10-23-17/h4,6,10,14-16H,3,5,7-9,11-13H2,1-2H3,(H,19,22). The number of thiophene rings is 1. The van der Waals surface area contributed by atoms with Crippen molar-refractivity contribution in [2.45, 2.75) is 58.2 Å². The van der Waals surface area contributed by atoms with Gasteiger partial charge in [-0.3, -0.25) is 4.90 Å². The molecule has 0 radical (unpaired) electrons. The van der Waals surface area contributed by atoms with Crippen molar-refractivity contribution in [2.75, 3.05) is 19.6 Å². The van der Waals surface area contributed by atoms with Crippen molar-refractivity contribution in [1.82, 2.24) is 15.1 Å². The summed E-state index contributed by atoms with van der Waals surface area (Å²) in [5, 5.41) is 5.35. The molecule has 1 saturated heterocycles. The highest BCUT2D eigenvalue weighted by atomic mass is 32.1. The fraction of sp³-hybridized carbons (Fsp3) is 0.722. The average Bonchev–Trinajstić information content (AvgIpc) is 3.21. The van der Waals surface area contributed by atoms with Gasteiger partial charge in [-0.1, -0.05) is 6.07 Å². The predicted molar refractivity (Wildman–Crippen MR) is 95.7 cm³/mol. The van der Waals surface area contributed by atoms with Gasteiger partial charge in [-0.05, 0) is 63.4 Å². The van der Waals surface area contributed by atoms with Gasteiger partial charge in [-0.15, -0.1) is 11.3 Å². The summed E-state index contributed by atoms with van der Waals surface area (Å²) in [5.41, 5.74) is 0. The minimum atomic E-state index is 0.137. The largest absolute Gasteiger partial charge is 0.338 e. The van der Waals surface area contributed by atoms with Crippen LogP contribution in [-0.4, -0.2) is 47.5 Å². The van der Waals surface area contributed by atoms with Gasteiger partial charge >= 0.3 is 6.03 Å². The van der Waals surface area contributed by atoms with Gasteiger partial charge in [0.15, 0.2) is 0 Å². The third kappa shape index (κ3) is 4.70. The Morgan fingerprint density at radius 2 is 2.26 bits per heavy atom. The van der Waals surface area contributed by atoms with Crippen LogP contribution in [0.15, 0.2) is 17.5 Å². The molecule has 5 heteroatoms. The summed E-state index contributed by atoms with van der Waals surface area (Å²) < 4.78 is 0. The zero-order valence-electron chi connectivity index (χ0n) is 14.3. The van der Waals surface area contributed by atoms with Gasteiger partial charge in [0.1, 0.15) is 0 Å². The first-order valence-electron chi connectivity index (χ1n) is 8.94. The fourth-order valence-corrected chi connectivity index (χ4v) is 4.33. The fourth-order valence-electron chi connectivity index (χ4n) is 3.58. The highest BCUT2D eigenvalue weighted by Crippen LogP contribution is 2.28. The molecule has 2 fully saturated rings. The first kappa shape index (κ1) is 16.8. The first-order chi connectivity index (χ1) is 11.1. The van der Waals surface area contributed by atoms with Crippen LogP contribution in [0.3, 0.4) is 0 Å². The maximum Gasteiger partial charge on any atom is 0.317 e. The number of carbonyl (C=O) groups excluding carboxylic acids is 1. The Kier molecular flexibility index (Phi) is 5.59. The van der Waals surface area contributed by atoms with Crippen molar-refractivity contribution >= 4 is 17.4 Å². The maximum atomic E-state index is 12.4. The Hall–Kier alpha value is -1.07. The third-order valence-corrected chi connectivity index (χ3v) is 5.70. The molecule has 1 atom stereocenters. The van der Waals surface area contributed by atoms with Crippen molar-refractivity contribution in [3.63, 3.8) is 0 Å². The quantitative estimate of drug-likeness (QED) is 0.863. The van der Waals surface area contributed by atoms with Gasteiger partial charge < -0.3 is 10.2 Å². The van der Waals surface area contributed by atoms with Crippen molar-refractivity contribution < 1.29 is 4.79 Å². The van der Waals surface area contributed by atoms with Gasteiger partial charge in [0.05, 0.1) is 0 Å². The number of nitrogens with zero attached hydrogens (tertiary/aromatic N) is 2.